The molecule has 2 aromatic rings. The first-order valence-corrected chi connectivity index (χ1v) is 10.3. The summed E-state index contributed by atoms with van der Waals surface area (Å²) in [6, 6.07) is 3.68. The molecule has 1 N–H and O–H groups in total. The fraction of sp³-hybridized carbons (Fsp3) is 0.526. The van der Waals surface area contributed by atoms with Gasteiger partial charge in [-0.1, -0.05) is 43.7 Å². The third-order valence-electron chi connectivity index (χ3n) is 5.16. The molecule has 1 aromatic carbocycles. The molecule has 1 aliphatic heterocycles. The van der Waals surface area contributed by atoms with Gasteiger partial charge in [0.15, 0.2) is 17.3 Å². The highest BCUT2D eigenvalue weighted by atomic mass is 35.5. The lowest BCUT2D eigenvalue weighted by Gasteiger charge is -2.20. The number of nitrogens with zero attached hydrogens (tertiary/aromatic N) is 3. The van der Waals surface area contributed by atoms with Gasteiger partial charge in [0.1, 0.15) is 13.2 Å². The van der Waals surface area contributed by atoms with Gasteiger partial charge < -0.3 is 9.47 Å². The van der Waals surface area contributed by atoms with Crippen molar-refractivity contribution >= 4 is 30.0 Å². The molecule has 0 amide bonds. The van der Waals surface area contributed by atoms with E-state index in [9.17, 15) is 0 Å². The molecule has 1 saturated carbocycles. The Balaban J connectivity index is 1.50. The minimum atomic E-state index is 0.494. The Kier molecular flexibility index (Phi) is 5.78. The number of fused-ring (bicyclic) bond motifs is 1. The average Bonchev–Trinajstić information content (AvgIpc) is 3.05. The molecule has 1 fully saturated rings. The van der Waals surface area contributed by atoms with Crippen molar-refractivity contribution in [3.63, 3.8) is 0 Å². The van der Waals surface area contributed by atoms with E-state index >= 15 is 0 Å². The lowest BCUT2D eigenvalue weighted by molar-refractivity contribution is 0.171. The fourth-order valence-electron chi connectivity index (χ4n) is 3.74. The van der Waals surface area contributed by atoms with Crippen LogP contribution in [-0.4, -0.2) is 34.3 Å². The third kappa shape index (κ3) is 4.35. The van der Waals surface area contributed by atoms with Gasteiger partial charge in [0, 0.05) is 6.42 Å². The predicted molar refractivity (Wildman–Crippen MR) is 108 cm³/mol. The van der Waals surface area contributed by atoms with Crippen LogP contribution in [0.4, 0.5) is 0 Å². The van der Waals surface area contributed by atoms with Gasteiger partial charge in [-0.3, -0.25) is 5.10 Å². The Morgan fingerprint density at radius 1 is 1.26 bits per heavy atom. The molecule has 1 aromatic heterocycles. The Morgan fingerprint density at radius 2 is 2.07 bits per heavy atom. The minimum absolute atomic E-state index is 0.494. The maximum absolute atomic E-state index is 6.29. The number of halogens is 1. The van der Waals surface area contributed by atoms with E-state index in [0.29, 0.717) is 34.5 Å². The molecule has 144 valence electrons. The summed E-state index contributed by atoms with van der Waals surface area (Å²) in [5.74, 6) is 2.89. The zero-order chi connectivity index (χ0) is 18.6. The Morgan fingerprint density at radius 3 is 2.93 bits per heavy atom. The van der Waals surface area contributed by atoms with E-state index in [1.165, 1.54) is 32.1 Å². The summed E-state index contributed by atoms with van der Waals surface area (Å²) in [4.78, 5) is 0. The van der Waals surface area contributed by atoms with Gasteiger partial charge in [0.2, 0.25) is 4.77 Å². The molecule has 1 aliphatic carbocycles. The van der Waals surface area contributed by atoms with Gasteiger partial charge in [-0.15, -0.1) is 0 Å². The second kappa shape index (κ2) is 8.44. The van der Waals surface area contributed by atoms with Crippen LogP contribution in [0.3, 0.4) is 0 Å². The molecule has 6 nitrogen and oxygen atoms in total. The summed E-state index contributed by atoms with van der Waals surface area (Å²) >= 11 is 11.6. The maximum atomic E-state index is 6.29. The van der Waals surface area contributed by atoms with Crippen molar-refractivity contribution in [3.05, 3.63) is 33.3 Å². The van der Waals surface area contributed by atoms with E-state index in [2.05, 4.69) is 15.3 Å². The first-order chi connectivity index (χ1) is 13.2. The Labute approximate surface area is 168 Å². The molecule has 0 bridgehead atoms. The van der Waals surface area contributed by atoms with Crippen LogP contribution in [0.2, 0.25) is 5.02 Å². The first-order valence-electron chi connectivity index (χ1n) is 9.50. The zero-order valence-corrected chi connectivity index (χ0v) is 16.7. The van der Waals surface area contributed by atoms with Crippen LogP contribution in [0, 0.1) is 10.7 Å². The van der Waals surface area contributed by atoms with Gasteiger partial charge in [-0.25, -0.2) is 0 Å². The minimum Gasteiger partial charge on any atom is -0.486 e. The standard InChI is InChI=1S/C19H23ClN4O2S/c20-15-10-14(11-16-18(15)26-9-8-25-16)12-21-24-17(22-23-19(24)27)7-6-13-4-2-1-3-5-13/h10-13H,1-9H2,(H,23,27)/b21-12-. The van der Waals surface area contributed by atoms with Crippen LogP contribution in [-0.2, 0) is 6.42 Å². The number of H-pyrrole nitrogens is 1. The van der Waals surface area contributed by atoms with Gasteiger partial charge >= 0.3 is 0 Å². The van der Waals surface area contributed by atoms with E-state index in [1.54, 1.807) is 10.9 Å². The lowest BCUT2D eigenvalue weighted by atomic mass is 9.86. The highest BCUT2D eigenvalue weighted by Crippen LogP contribution is 2.38. The molecule has 0 atom stereocenters. The van der Waals surface area contributed by atoms with Gasteiger partial charge in [-0.2, -0.15) is 14.9 Å². The van der Waals surface area contributed by atoms with E-state index in [0.717, 1.165) is 30.1 Å². The number of aryl methyl sites for hydroxylation is 1. The van der Waals surface area contributed by atoms with Gasteiger partial charge in [0.25, 0.3) is 0 Å². The number of hydrogen-bond acceptors (Lipinski definition) is 5. The predicted octanol–water partition coefficient (Wildman–Crippen LogP) is 4.76. The lowest BCUT2D eigenvalue weighted by Crippen LogP contribution is -2.15. The van der Waals surface area contributed by atoms with Crippen LogP contribution in [0.15, 0.2) is 17.2 Å². The van der Waals surface area contributed by atoms with Crippen LogP contribution in [0.5, 0.6) is 11.5 Å². The van der Waals surface area contributed by atoms with Crippen molar-refractivity contribution in [1.82, 2.24) is 14.9 Å². The average molecular weight is 407 g/mol. The van der Waals surface area contributed by atoms with E-state index in [4.69, 9.17) is 33.3 Å². The van der Waals surface area contributed by atoms with E-state index in [-0.39, 0.29) is 0 Å². The summed E-state index contributed by atoms with van der Waals surface area (Å²) in [5, 5.41) is 12.3. The van der Waals surface area contributed by atoms with E-state index < -0.39 is 0 Å². The molecule has 4 rings (SSSR count). The van der Waals surface area contributed by atoms with E-state index in [1.807, 2.05) is 12.1 Å². The maximum Gasteiger partial charge on any atom is 0.216 e. The molecule has 0 radical (unpaired) electrons. The smallest absolute Gasteiger partial charge is 0.216 e. The molecular formula is C19H23ClN4O2S. The van der Waals surface area contributed by atoms with Crippen LogP contribution in [0.25, 0.3) is 0 Å². The second-order valence-electron chi connectivity index (χ2n) is 7.07. The quantitative estimate of drug-likeness (QED) is 0.574. The number of rotatable bonds is 5. The molecule has 2 aliphatic rings. The number of aromatic amines is 1. The Bertz CT molecular complexity index is 886. The SMILES string of the molecule is S=c1[nH]nc(CCC2CCCCC2)n1/N=C\c1cc(Cl)c2c(c1)OCCO2. The molecule has 0 saturated heterocycles. The highest BCUT2D eigenvalue weighted by molar-refractivity contribution is 7.71. The number of benzene rings is 1. The largest absolute Gasteiger partial charge is 0.486 e. The number of nitrogens with one attached hydrogen (secondary N) is 1. The normalized spacial score (nSPS) is 17.5. The number of hydrogen-bond donors (Lipinski definition) is 1. The molecule has 27 heavy (non-hydrogen) atoms. The van der Waals surface area contributed by atoms with Crippen molar-refractivity contribution in [3.8, 4) is 11.5 Å². The Hall–Kier alpha value is -1.86. The molecule has 0 spiro atoms. The van der Waals surface area contributed by atoms with Crippen molar-refractivity contribution in [1.29, 1.82) is 0 Å². The van der Waals surface area contributed by atoms with Crippen LogP contribution in [0.1, 0.15) is 49.9 Å². The highest BCUT2D eigenvalue weighted by Gasteiger charge is 2.17. The topological polar surface area (TPSA) is 64.4 Å². The van der Waals surface area contributed by atoms with Crippen LogP contribution >= 0.6 is 23.8 Å². The molecular weight excluding hydrogens is 384 g/mol. The van der Waals surface area contributed by atoms with Crippen LogP contribution < -0.4 is 9.47 Å². The van der Waals surface area contributed by atoms with Crippen molar-refractivity contribution in [2.45, 2.75) is 44.9 Å². The number of aromatic nitrogens is 3. The summed E-state index contributed by atoms with van der Waals surface area (Å²) in [5.41, 5.74) is 0.825. The molecule has 0 unspecified atom stereocenters. The summed E-state index contributed by atoms with van der Waals surface area (Å²) in [6.45, 7) is 1.02. The molecule has 8 heteroatoms. The van der Waals surface area contributed by atoms with Gasteiger partial charge in [0.05, 0.1) is 11.2 Å². The van der Waals surface area contributed by atoms with Gasteiger partial charge in [-0.05, 0) is 42.3 Å². The van der Waals surface area contributed by atoms with Crippen molar-refractivity contribution in [2.75, 3.05) is 13.2 Å². The van der Waals surface area contributed by atoms with Crippen molar-refractivity contribution < 1.29 is 9.47 Å². The summed E-state index contributed by atoms with van der Waals surface area (Å²) in [6.07, 6.45) is 10.4. The summed E-state index contributed by atoms with van der Waals surface area (Å²) < 4.78 is 13.4. The monoisotopic (exact) mass is 406 g/mol. The number of ether oxygens (including phenoxy) is 2. The second-order valence-corrected chi connectivity index (χ2v) is 7.86. The van der Waals surface area contributed by atoms with Crippen molar-refractivity contribution in [2.24, 2.45) is 11.0 Å². The zero-order valence-electron chi connectivity index (χ0n) is 15.1. The first kappa shape index (κ1) is 18.5. The third-order valence-corrected chi connectivity index (χ3v) is 5.70. The molecule has 2 heterocycles. The fourth-order valence-corrected chi connectivity index (χ4v) is 4.22. The summed E-state index contributed by atoms with van der Waals surface area (Å²) in [7, 11) is 0.